The van der Waals surface area contributed by atoms with Gasteiger partial charge in [0.15, 0.2) is 0 Å². The normalized spacial score (nSPS) is 13.6. The molecule has 0 heterocycles. The summed E-state index contributed by atoms with van der Waals surface area (Å²) in [5.41, 5.74) is 0. The molecule has 0 amide bonds. The largest absolute Gasteiger partial charge is 0.314 e. The van der Waals surface area contributed by atoms with Crippen LogP contribution in [0.5, 0.6) is 0 Å². The highest BCUT2D eigenvalue weighted by Crippen LogP contribution is 2.00. The van der Waals surface area contributed by atoms with Crippen LogP contribution < -0.4 is 10.0 Å². The molecule has 1 unspecified atom stereocenters. The summed E-state index contributed by atoms with van der Waals surface area (Å²) in [4.78, 5) is 0. The Kier molecular flexibility index (Phi) is 8.23. The van der Waals surface area contributed by atoms with E-state index in [2.05, 4.69) is 16.0 Å². The summed E-state index contributed by atoms with van der Waals surface area (Å²) in [6.07, 6.45) is 6.96. The molecule has 0 aromatic rings. The third-order valence-electron chi connectivity index (χ3n) is 2.35. The van der Waals surface area contributed by atoms with Crippen molar-refractivity contribution >= 4 is 10.0 Å². The van der Waals surface area contributed by atoms with Crippen LogP contribution in [0.15, 0.2) is 0 Å². The van der Waals surface area contributed by atoms with Crippen molar-refractivity contribution in [3.63, 3.8) is 0 Å². The van der Waals surface area contributed by atoms with E-state index >= 15 is 0 Å². The molecule has 0 aromatic carbocycles. The molecule has 5 heteroatoms. The standard InChI is InChI=1S/C12H24N2O2S/c1-5-8-12(6-2)14-17(15,16)10-7-9-13-11(3)4/h1,11-14H,6-10H2,2-4H3. The number of nitrogens with one attached hydrogen (secondary N) is 2. The minimum atomic E-state index is -3.20. The lowest BCUT2D eigenvalue weighted by Crippen LogP contribution is -2.36. The zero-order chi connectivity index (χ0) is 13.3. The third kappa shape index (κ3) is 9.16. The van der Waals surface area contributed by atoms with Crippen LogP contribution in [0.2, 0.25) is 0 Å². The predicted octanol–water partition coefficient (Wildman–Crippen LogP) is 1.10. The second-order valence-corrected chi connectivity index (χ2v) is 6.29. The average Bonchev–Trinajstić information content (AvgIpc) is 2.23. The summed E-state index contributed by atoms with van der Waals surface area (Å²) in [5.74, 6) is 2.63. The first kappa shape index (κ1) is 16.4. The van der Waals surface area contributed by atoms with Gasteiger partial charge in [-0.25, -0.2) is 13.1 Å². The molecule has 0 aliphatic carbocycles. The fourth-order valence-electron chi connectivity index (χ4n) is 1.38. The molecule has 0 spiro atoms. The van der Waals surface area contributed by atoms with Crippen molar-refractivity contribution in [1.29, 1.82) is 0 Å². The van der Waals surface area contributed by atoms with Crippen molar-refractivity contribution in [2.75, 3.05) is 12.3 Å². The molecule has 0 rings (SSSR count). The van der Waals surface area contributed by atoms with Crippen LogP contribution >= 0.6 is 0 Å². The Hall–Kier alpha value is -0.570. The van der Waals surface area contributed by atoms with Crippen LogP contribution in [-0.4, -0.2) is 32.8 Å². The van der Waals surface area contributed by atoms with Gasteiger partial charge in [0.2, 0.25) is 10.0 Å². The van der Waals surface area contributed by atoms with Crippen LogP contribution in [0.4, 0.5) is 0 Å². The Morgan fingerprint density at radius 3 is 2.47 bits per heavy atom. The van der Waals surface area contributed by atoms with Crippen molar-refractivity contribution in [2.45, 2.75) is 52.1 Å². The van der Waals surface area contributed by atoms with Gasteiger partial charge in [-0.2, -0.15) is 0 Å². The van der Waals surface area contributed by atoms with Gasteiger partial charge in [-0.15, -0.1) is 12.3 Å². The van der Waals surface area contributed by atoms with Gasteiger partial charge in [0.1, 0.15) is 0 Å². The summed E-state index contributed by atoms with van der Waals surface area (Å²) < 4.78 is 26.1. The number of sulfonamides is 1. The lowest BCUT2D eigenvalue weighted by molar-refractivity contribution is 0.535. The molecule has 0 radical (unpaired) electrons. The van der Waals surface area contributed by atoms with Gasteiger partial charge in [-0.1, -0.05) is 20.8 Å². The Labute approximate surface area is 106 Å². The predicted molar refractivity (Wildman–Crippen MR) is 72.2 cm³/mol. The molecule has 4 nitrogen and oxygen atoms in total. The van der Waals surface area contributed by atoms with Crippen molar-refractivity contribution in [3.8, 4) is 12.3 Å². The molecule has 100 valence electrons. The number of hydrogen-bond donors (Lipinski definition) is 2. The van der Waals surface area contributed by atoms with Gasteiger partial charge < -0.3 is 5.32 Å². The Bertz CT molecular complexity index is 331. The Morgan fingerprint density at radius 2 is 2.00 bits per heavy atom. The second kappa shape index (κ2) is 8.51. The first-order valence-electron chi connectivity index (χ1n) is 6.08. The SMILES string of the molecule is C#CCC(CC)NS(=O)(=O)CCCNC(C)C. The monoisotopic (exact) mass is 260 g/mol. The van der Waals surface area contributed by atoms with Gasteiger partial charge in [0.05, 0.1) is 5.75 Å². The number of rotatable bonds is 9. The van der Waals surface area contributed by atoms with E-state index in [0.29, 0.717) is 31.8 Å². The number of hydrogen-bond acceptors (Lipinski definition) is 3. The smallest absolute Gasteiger partial charge is 0.211 e. The molecule has 2 N–H and O–H groups in total. The molecule has 0 aliphatic heterocycles. The minimum Gasteiger partial charge on any atom is -0.314 e. The maximum absolute atomic E-state index is 11.7. The van der Waals surface area contributed by atoms with Gasteiger partial charge in [-0.05, 0) is 19.4 Å². The highest BCUT2D eigenvalue weighted by atomic mass is 32.2. The van der Waals surface area contributed by atoms with Gasteiger partial charge >= 0.3 is 0 Å². The molecule has 0 fully saturated rings. The molecular weight excluding hydrogens is 236 g/mol. The first-order valence-corrected chi connectivity index (χ1v) is 7.73. The quantitative estimate of drug-likeness (QED) is 0.482. The molecule has 0 saturated heterocycles. The minimum absolute atomic E-state index is 0.136. The van der Waals surface area contributed by atoms with Crippen molar-refractivity contribution in [2.24, 2.45) is 0 Å². The lowest BCUT2D eigenvalue weighted by atomic mass is 10.2. The van der Waals surface area contributed by atoms with Crippen LogP contribution in [0, 0.1) is 12.3 Å². The zero-order valence-corrected chi connectivity index (χ0v) is 11.8. The summed E-state index contributed by atoms with van der Waals surface area (Å²) in [5, 5.41) is 3.19. The van der Waals surface area contributed by atoms with E-state index in [9.17, 15) is 8.42 Å². The zero-order valence-electron chi connectivity index (χ0n) is 11.0. The highest BCUT2D eigenvalue weighted by Gasteiger charge is 2.15. The first-order chi connectivity index (χ1) is 7.91. The summed E-state index contributed by atoms with van der Waals surface area (Å²) in [7, 11) is -3.20. The Morgan fingerprint density at radius 1 is 1.35 bits per heavy atom. The molecular formula is C12H24N2O2S. The molecule has 1 atom stereocenters. The van der Waals surface area contributed by atoms with E-state index in [1.165, 1.54) is 0 Å². The summed E-state index contributed by atoms with van der Waals surface area (Å²) >= 11 is 0. The summed E-state index contributed by atoms with van der Waals surface area (Å²) in [6.45, 7) is 6.70. The van der Waals surface area contributed by atoms with Crippen molar-refractivity contribution in [1.82, 2.24) is 10.0 Å². The maximum Gasteiger partial charge on any atom is 0.211 e. The summed E-state index contributed by atoms with van der Waals surface area (Å²) in [6, 6.07) is 0.249. The second-order valence-electron chi connectivity index (χ2n) is 4.41. The van der Waals surface area contributed by atoms with Crippen molar-refractivity contribution in [3.05, 3.63) is 0 Å². The fraction of sp³-hybridized carbons (Fsp3) is 0.833. The number of terminal acetylenes is 1. The maximum atomic E-state index is 11.7. The highest BCUT2D eigenvalue weighted by molar-refractivity contribution is 7.89. The van der Waals surface area contributed by atoms with Gasteiger partial charge in [0, 0.05) is 18.5 Å². The van der Waals surface area contributed by atoms with Gasteiger partial charge in [-0.3, -0.25) is 0 Å². The van der Waals surface area contributed by atoms with Crippen LogP contribution in [0.1, 0.15) is 40.0 Å². The third-order valence-corrected chi connectivity index (χ3v) is 3.86. The van der Waals surface area contributed by atoms with Crippen LogP contribution in [0.25, 0.3) is 0 Å². The van der Waals surface area contributed by atoms with E-state index in [-0.39, 0.29) is 11.8 Å². The fourth-order valence-corrected chi connectivity index (χ4v) is 2.78. The van der Waals surface area contributed by atoms with Gasteiger partial charge in [0.25, 0.3) is 0 Å². The average molecular weight is 260 g/mol. The molecule has 0 aliphatic rings. The lowest BCUT2D eigenvalue weighted by Gasteiger charge is -2.14. The Balaban J connectivity index is 3.99. The molecule has 0 aromatic heterocycles. The van der Waals surface area contributed by atoms with E-state index in [1.54, 1.807) is 0 Å². The van der Waals surface area contributed by atoms with Crippen molar-refractivity contribution < 1.29 is 8.42 Å². The van der Waals surface area contributed by atoms with E-state index in [0.717, 1.165) is 0 Å². The topological polar surface area (TPSA) is 58.2 Å². The molecule has 0 saturated carbocycles. The van der Waals surface area contributed by atoms with Crippen LogP contribution in [0.3, 0.4) is 0 Å². The van der Waals surface area contributed by atoms with E-state index in [4.69, 9.17) is 6.42 Å². The molecule has 17 heavy (non-hydrogen) atoms. The van der Waals surface area contributed by atoms with Crippen LogP contribution in [-0.2, 0) is 10.0 Å². The van der Waals surface area contributed by atoms with E-state index < -0.39 is 10.0 Å². The van der Waals surface area contributed by atoms with E-state index in [1.807, 2.05) is 20.8 Å². The molecule has 0 bridgehead atoms.